The fraction of sp³-hybridized carbons (Fsp3) is 0.500. The first kappa shape index (κ1) is 15.5. The molecule has 7 heteroatoms. The molecular formula is C12H16F2N2O3. The molecule has 2 atom stereocenters. The van der Waals surface area contributed by atoms with E-state index >= 15 is 0 Å². The molecule has 106 valence electrons. The van der Waals surface area contributed by atoms with Crippen LogP contribution in [0.3, 0.4) is 0 Å². The predicted molar refractivity (Wildman–Crippen MR) is 66.3 cm³/mol. The molecular weight excluding hydrogens is 258 g/mol. The molecule has 1 aromatic carbocycles. The number of nitro benzene ring substituents is 1. The Balaban J connectivity index is 2.75. The summed E-state index contributed by atoms with van der Waals surface area (Å²) in [6.45, 7) is 3.04. The summed E-state index contributed by atoms with van der Waals surface area (Å²) < 4.78 is 24.2. The minimum absolute atomic E-state index is 0.0134. The third-order valence-electron chi connectivity index (χ3n) is 2.85. The van der Waals surface area contributed by atoms with Gasteiger partial charge in [-0.2, -0.15) is 0 Å². The van der Waals surface area contributed by atoms with E-state index in [4.69, 9.17) is 5.11 Å². The Morgan fingerprint density at radius 2 is 2.11 bits per heavy atom. The Kier molecular flexibility index (Phi) is 5.31. The first-order valence-electron chi connectivity index (χ1n) is 5.77. The maximum absolute atomic E-state index is 12.1. The van der Waals surface area contributed by atoms with Gasteiger partial charge >= 0.3 is 0 Å². The van der Waals surface area contributed by atoms with E-state index in [0.717, 1.165) is 0 Å². The van der Waals surface area contributed by atoms with Crippen molar-refractivity contribution in [3.63, 3.8) is 0 Å². The summed E-state index contributed by atoms with van der Waals surface area (Å²) >= 11 is 0. The average Bonchev–Trinajstić information content (AvgIpc) is 2.35. The van der Waals surface area contributed by atoms with Gasteiger partial charge in [-0.25, -0.2) is 8.78 Å². The predicted octanol–water partition coefficient (Wildman–Crippen LogP) is 2.18. The van der Waals surface area contributed by atoms with Crippen LogP contribution in [0.4, 0.5) is 14.5 Å². The molecule has 0 amide bonds. The third kappa shape index (κ3) is 4.22. The van der Waals surface area contributed by atoms with Crippen LogP contribution in [0.25, 0.3) is 0 Å². The molecule has 2 unspecified atom stereocenters. The maximum atomic E-state index is 12.1. The minimum Gasteiger partial charge on any atom is -0.386 e. The molecule has 0 spiro atoms. The third-order valence-corrected chi connectivity index (χ3v) is 2.85. The lowest BCUT2D eigenvalue weighted by molar-refractivity contribution is -0.385. The van der Waals surface area contributed by atoms with Gasteiger partial charge in [0.15, 0.2) is 0 Å². The zero-order valence-electron chi connectivity index (χ0n) is 10.6. The van der Waals surface area contributed by atoms with E-state index in [0.29, 0.717) is 11.1 Å². The number of nitrogens with zero attached hydrogens (tertiary/aromatic N) is 1. The van der Waals surface area contributed by atoms with Crippen molar-refractivity contribution in [3.8, 4) is 0 Å². The van der Waals surface area contributed by atoms with Crippen molar-refractivity contribution in [2.45, 2.75) is 32.4 Å². The standard InChI is InChI=1S/C12H16F2N2O3/c1-7-3-4-9(5-10(7)16(18)19)8(2)15-6-11(17)12(13)14/h3-5,8,11-12,15,17H,6H2,1-2H3. The highest BCUT2D eigenvalue weighted by atomic mass is 19.3. The van der Waals surface area contributed by atoms with Crippen molar-refractivity contribution < 1.29 is 18.8 Å². The quantitative estimate of drug-likeness (QED) is 0.616. The van der Waals surface area contributed by atoms with E-state index < -0.39 is 17.5 Å². The highest BCUT2D eigenvalue weighted by molar-refractivity contribution is 5.43. The SMILES string of the molecule is Cc1ccc(C(C)NCC(O)C(F)F)cc1[N+](=O)[O-]. The second-order valence-electron chi connectivity index (χ2n) is 4.33. The average molecular weight is 274 g/mol. The van der Waals surface area contributed by atoms with E-state index in [2.05, 4.69) is 5.32 Å². The summed E-state index contributed by atoms with van der Waals surface area (Å²) in [6.07, 6.45) is -4.56. The molecule has 0 aliphatic heterocycles. The highest BCUT2D eigenvalue weighted by Gasteiger charge is 2.19. The largest absolute Gasteiger partial charge is 0.386 e. The Bertz CT molecular complexity index is 455. The molecule has 19 heavy (non-hydrogen) atoms. The molecule has 2 N–H and O–H groups in total. The van der Waals surface area contributed by atoms with Gasteiger partial charge in [0.05, 0.1) is 4.92 Å². The van der Waals surface area contributed by atoms with Crippen LogP contribution in [-0.2, 0) is 0 Å². The number of nitro groups is 1. The van der Waals surface area contributed by atoms with Crippen molar-refractivity contribution in [2.75, 3.05) is 6.54 Å². The lowest BCUT2D eigenvalue weighted by Crippen LogP contribution is -2.33. The molecule has 0 aromatic heterocycles. The first-order chi connectivity index (χ1) is 8.82. The van der Waals surface area contributed by atoms with E-state index in [-0.39, 0.29) is 18.3 Å². The Labute approximate surface area is 109 Å². The van der Waals surface area contributed by atoms with Crippen LogP contribution in [0.15, 0.2) is 18.2 Å². The number of hydrogen-bond donors (Lipinski definition) is 2. The molecule has 5 nitrogen and oxygen atoms in total. The lowest BCUT2D eigenvalue weighted by Gasteiger charge is -2.17. The van der Waals surface area contributed by atoms with Gasteiger partial charge in [0.25, 0.3) is 12.1 Å². The highest BCUT2D eigenvalue weighted by Crippen LogP contribution is 2.23. The summed E-state index contributed by atoms with van der Waals surface area (Å²) in [5.74, 6) is 0. The molecule has 0 bridgehead atoms. The Hall–Kier alpha value is -1.60. The zero-order valence-corrected chi connectivity index (χ0v) is 10.6. The Morgan fingerprint density at radius 3 is 2.63 bits per heavy atom. The van der Waals surface area contributed by atoms with Gasteiger partial charge in [-0.3, -0.25) is 10.1 Å². The molecule has 0 saturated heterocycles. The number of benzene rings is 1. The van der Waals surface area contributed by atoms with Crippen LogP contribution >= 0.6 is 0 Å². The van der Waals surface area contributed by atoms with Crippen LogP contribution in [0.1, 0.15) is 24.1 Å². The van der Waals surface area contributed by atoms with E-state index in [1.54, 1.807) is 26.0 Å². The van der Waals surface area contributed by atoms with Gasteiger partial charge in [-0.15, -0.1) is 0 Å². The lowest BCUT2D eigenvalue weighted by atomic mass is 10.0. The van der Waals surface area contributed by atoms with Crippen LogP contribution in [0.2, 0.25) is 0 Å². The number of nitrogens with one attached hydrogen (secondary N) is 1. The number of halogens is 2. The van der Waals surface area contributed by atoms with Gasteiger partial charge in [0, 0.05) is 24.2 Å². The van der Waals surface area contributed by atoms with Crippen LogP contribution in [0.5, 0.6) is 0 Å². The van der Waals surface area contributed by atoms with Gasteiger partial charge in [-0.1, -0.05) is 12.1 Å². The van der Waals surface area contributed by atoms with Gasteiger partial charge in [0.1, 0.15) is 6.10 Å². The second-order valence-corrected chi connectivity index (χ2v) is 4.33. The minimum atomic E-state index is -2.81. The van der Waals surface area contributed by atoms with Gasteiger partial charge < -0.3 is 10.4 Å². The molecule has 0 aliphatic carbocycles. The number of alkyl halides is 2. The Morgan fingerprint density at radius 1 is 1.47 bits per heavy atom. The summed E-state index contributed by atoms with van der Waals surface area (Å²) in [4.78, 5) is 10.3. The first-order valence-corrected chi connectivity index (χ1v) is 5.77. The fourth-order valence-electron chi connectivity index (χ4n) is 1.60. The van der Waals surface area contributed by atoms with Crippen LogP contribution in [-0.4, -0.2) is 29.1 Å². The molecule has 1 rings (SSSR count). The van der Waals surface area contributed by atoms with Gasteiger partial charge in [-0.05, 0) is 19.4 Å². The number of aryl methyl sites for hydroxylation is 1. The molecule has 0 fully saturated rings. The van der Waals surface area contributed by atoms with E-state index in [1.165, 1.54) is 6.07 Å². The maximum Gasteiger partial charge on any atom is 0.272 e. The normalized spacial score (nSPS) is 14.4. The fourth-order valence-corrected chi connectivity index (χ4v) is 1.60. The van der Waals surface area contributed by atoms with Crippen molar-refractivity contribution in [3.05, 3.63) is 39.4 Å². The molecule has 0 aliphatic rings. The van der Waals surface area contributed by atoms with Gasteiger partial charge in [0.2, 0.25) is 0 Å². The molecule has 0 heterocycles. The number of rotatable bonds is 6. The van der Waals surface area contributed by atoms with Crippen molar-refractivity contribution in [2.24, 2.45) is 0 Å². The molecule has 0 saturated carbocycles. The number of hydrogen-bond acceptors (Lipinski definition) is 4. The summed E-state index contributed by atoms with van der Waals surface area (Å²) in [7, 11) is 0. The van der Waals surface area contributed by atoms with E-state index in [1.807, 2.05) is 0 Å². The number of aliphatic hydroxyl groups excluding tert-OH is 1. The molecule has 0 radical (unpaired) electrons. The smallest absolute Gasteiger partial charge is 0.272 e. The van der Waals surface area contributed by atoms with Crippen molar-refractivity contribution >= 4 is 5.69 Å². The van der Waals surface area contributed by atoms with Crippen molar-refractivity contribution in [1.82, 2.24) is 5.32 Å². The van der Waals surface area contributed by atoms with Crippen molar-refractivity contribution in [1.29, 1.82) is 0 Å². The summed E-state index contributed by atoms with van der Waals surface area (Å²) in [5.41, 5.74) is 1.13. The van der Waals surface area contributed by atoms with Crippen LogP contribution in [0, 0.1) is 17.0 Å². The summed E-state index contributed by atoms with van der Waals surface area (Å²) in [6, 6.07) is 4.33. The second kappa shape index (κ2) is 6.53. The molecule has 1 aromatic rings. The summed E-state index contributed by atoms with van der Waals surface area (Å²) in [5, 5.41) is 22.5. The zero-order chi connectivity index (χ0) is 14.6. The van der Waals surface area contributed by atoms with Crippen LogP contribution < -0.4 is 5.32 Å². The van der Waals surface area contributed by atoms with E-state index in [9.17, 15) is 18.9 Å². The number of aliphatic hydroxyl groups is 1. The monoisotopic (exact) mass is 274 g/mol. The topological polar surface area (TPSA) is 75.4 Å².